The third-order valence-electron chi connectivity index (χ3n) is 4.14. The lowest BCUT2D eigenvalue weighted by Gasteiger charge is -2.12. The summed E-state index contributed by atoms with van der Waals surface area (Å²) in [6, 6.07) is 9.31. The van der Waals surface area contributed by atoms with Crippen molar-refractivity contribution in [2.75, 3.05) is 0 Å². The number of hydrogen-bond acceptors (Lipinski definition) is 4. The first-order valence-electron chi connectivity index (χ1n) is 8.44. The summed E-state index contributed by atoms with van der Waals surface area (Å²) in [6.07, 6.45) is 0.732. The molecule has 3 rings (SSSR count). The first-order valence-corrected chi connectivity index (χ1v) is 9.32. The van der Waals surface area contributed by atoms with Crippen LogP contribution >= 0.6 is 11.3 Å². The molecule has 0 aliphatic heterocycles. The van der Waals surface area contributed by atoms with Crippen molar-refractivity contribution in [2.24, 2.45) is 11.7 Å². The van der Waals surface area contributed by atoms with Gasteiger partial charge in [0.25, 0.3) is 5.56 Å². The number of aromatic nitrogens is 2. The molecule has 3 aromatic rings. The Kier molecular flexibility index (Phi) is 5.08. The second-order valence-corrected chi connectivity index (χ2v) is 7.61. The fourth-order valence-electron chi connectivity index (χ4n) is 3.05. The van der Waals surface area contributed by atoms with Crippen molar-refractivity contribution < 1.29 is 4.79 Å². The fraction of sp³-hybridized carbons (Fsp3) is 0.316. The number of thiophene rings is 1. The summed E-state index contributed by atoms with van der Waals surface area (Å²) in [6.45, 7) is 4.06. The van der Waals surface area contributed by atoms with Gasteiger partial charge in [-0.2, -0.15) is 0 Å². The van der Waals surface area contributed by atoms with E-state index < -0.39 is 11.6 Å². The van der Waals surface area contributed by atoms with Crippen molar-refractivity contribution in [3.05, 3.63) is 67.7 Å². The topological polar surface area (TPSA) is 87.1 Å². The Bertz CT molecular complexity index is 1060. The molecule has 0 spiro atoms. The van der Waals surface area contributed by atoms with E-state index in [-0.39, 0.29) is 18.6 Å². The summed E-state index contributed by atoms with van der Waals surface area (Å²) in [5.41, 5.74) is 6.26. The fourth-order valence-corrected chi connectivity index (χ4v) is 4.13. The Hall–Kier alpha value is -2.67. The van der Waals surface area contributed by atoms with Gasteiger partial charge in [-0.3, -0.25) is 18.7 Å². The van der Waals surface area contributed by atoms with Gasteiger partial charge in [0.1, 0.15) is 11.4 Å². The highest BCUT2D eigenvalue weighted by atomic mass is 32.1. The summed E-state index contributed by atoms with van der Waals surface area (Å²) in [5, 5.41) is 2.41. The molecule has 0 saturated carbocycles. The van der Waals surface area contributed by atoms with Crippen LogP contribution in [0.3, 0.4) is 0 Å². The minimum Gasteiger partial charge on any atom is -0.368 e. The standard InChI is InChI=1S/C19H21N3O3S/c1-12(2)8-14-11-26-18-16(14)17(24)21(9-13-6-4-3-5-7-13)19(25)22(18)10-15(20)23/h3-7,11-12H,8-10H2,1-2H3,(H2,20,23). The third kappa shape index (κ3) is 3.48. The predicted molar refractivity (Wildman–Crippen MR) is 104 cm³/mol. The minimum atomic E-state index is -0.614. The lowest BCUT2D eigenvalue weighted by molar-refractivity contribution is -0.118. The molecule has 136 valence electrons. The summed E-state index contributed by atoms with van der Waals surface area (Å²) in [4.78, 5) is 38.0. The number of rotatable bonds is 6. The maximum absolute atomic E-state index is 13.1. The molecule has 6 nitrogen and oxygen atoms in total. The molecule has 0 unspecified atom stereocenters. The average Bonchev–Trinajstić information content (AvgIpc) is 2.99. The Morgan fingerprint density at radius 2 is 1.85 bits per heavy atom. The summed E-state index contributed by atoms with van der Waals surface area (Å²) < 4.78 is 2.51. The minimum absolute atomic E-state index is 0.157. The van der Waals surface area contributed by atoms with Gasteiger partial charge in [-0.15, -0.1) is 11.3 Å². The monoisotopic (exact) mass is 371 g/mol. The normalized spacial score (nSPS) is 11.3. The van der Waals surface area contributed by atoms with Gasteiger partial charge in [0.2, 0.25) is 5.91 Å². The smallest absolute Gasteiger partial charge is 0.332 e. The van der Waals surface area contributed by atoms with Crippen molar-refractivity contribution >= 4 is 27.5 Å². The van der Waals surface area contributed by atoms with E-state index in [0.29, 0.717) is 16.1 Å². The molecule has 26 heavy (non-hydrogen) atoms. The molecule has 0 aliphatic rings. The number of primary amides is 1. The maximum Gasteiger partial charge on any atom is 0.332 e. The summed E-state index contributed by atoms with van der Waals surface area (Å²) in [7, 11) is 0. The van der Waals surface area contributed by atoms with Crippen LogP contribution in [0.25, 0.3) is 10.2 Å². The first-order chi connectivity index (χ1) is 12.4. The van der Waals surface area contributed by atoms with Crippen LogP contribution in [-0.4, -0.2) is 15.0 Å². The SMILES string of the molecule is CC(C)Cc1csc2c1c(=O)n(Cc1ccccc1)c(=O)n2CC(N)=O. The highest BCUT2D eigenvalue weighted by Crippen LogP contribution is 2.24. The van der Waals surface area contributed by atoms with Crippen molar-refractivity contribution in [3.8, 4) is 0 Å². The average molecular weight is 371 g/mol. The molecule has 7 heteroatoms. The van der Waals surface area contributed by atoms with Crippen molar-refractivity contribution in [2.45, 2.75) is 33.4 Å². The van der Waals surface area contributed by atoms with Crippen LogP contribution in [0.1, 0.15) is 25.0 Å². The molecule has 2 N–H and O–H groups in total. The van der Waals surface area contributed by atoms with E-state index in [2.05, 4.69) is 13.8 Å². The highest BCUT2D eigenvalue weighted by molar-refractivity contribution is 7.17. The van der Waals surface area contributed by atoms with Gasteiger partial charge >= 0.3 is 5.69 Å². The van der Waals surface area contributed by atoms with Crippen molar-refractivity contribution in [3.63, 3.8) is 0 Å². The van der Waals surface area contributed by atoms with Crippen LogP contribution in [0, 0.1) is 5.92 Å². The first kappa shape index (κ1) is 18.1. The molecule has 1 aromatic carbocycles. The predicted octanol–water partition coefficient (Wildman–Crippen LogP) is 1.96. The van der Waals surface area contributed by atoms with Gasteiger partial charge in [0.15, 0.2) is 0 Å². The van der Waals surface area contributed by atoms with E-state index in [1.807, 2.05) is 35.7 Å². The summed E-state index contributed by atoms with van der Waals surface area (Å²) >= 11 is 1.31. The van der Waals surface area contributed by atoms with Crippen LogP contribution in [0.4, 0.5) is 0 Å². The van der Waals surface area contributed by atoms with E-state index in [4.69, 9.17) is 5.73 Å². The molecule has 0 bridgehead atoms. The van der Waals surface area contributed by atoms with E-state index >= 15 is 0 Å². The Morgan fingerprint density at radius 3 is 2.46 bits per heavy atom. The molecular weight excluding hydrogens is 350 g/mol. The summed E-state index contributed by atoms with van der Waals surface area (Å²) in [5.74, 6) is -0.247. The van der Waals surface area contributed by atoms with Crippen molar-refractivity contribution in [1.82, 2.24) is 9.13 Å². The zero-order valence-corrected chi connectivity index (χ0v) is 15.6. The zero-order chi connectivity index (χ0) is 18.8. The van der Waals surface area contributed by atoms with Crippen LogP contribution in [0.2, 0.25) is 0 Å². The van der Waals surface area contributed by atoms with Crippen molar-refractivity contribution in [1.29, 1.82) is 0 Å². The molecule has 1 amide bonds. The second-order valence-electron chi connectivity index (χ2n) is 6.75. The van der Waals surface area contributed by atoms with Crippen LogP contribution in [0.5, 0.6) is 0 Å². The largest absolute Gasteiger partial charge is 0.368 e. The Balaban J connectivity index is 2.27. The maximum atomic E-state index is 13.1. The number of amides is 1. The van der Waals surface area contributed by atoms with Gasteiger partial charge in [-0.05, 0) is 28.8 Å². The number of hydrogen-bond donors (Lipinski definition) is 1. The second kappa shape index (κ2) is 7.29. The number of benzene rings is 1. The Morgan fingerprint density at radius 1 is 1.15 bits per heavy atom. The van der Waals surface area contributed by atoms with Crippen LogP contribution < -0.4 is 17.0 Å². The number of carbonyl (C=O) groups excluding carboxylic acids is 1. The van der Waals surface area contributed by atoms with Gasteiger partial charge in [-0.1, -0.05) is 44.2 Å². The molecule has 0 saturated heterocycles. The van der Waals surface area contributed by atoms with E-state index in [0.717, 1.165) is 17.5 Å². The zero-order valence-electron chi connectivity index (χ0n) is 14.8. The quantitative estimate of drug-likeness (QED) is 0.718. The highest BCUT2D eigenvalue weighted by Gasteiger charge is 2.19. The molecule has 0 radical (unpaired) electrons. The van der Waals surface area contributed by atoms with Gasteiger partial charge in [0, 0.05) is 0 Å². The van der Waals surface area contributed by atoms with E-state index in [9.17, 15) is 14.4 Å². The molecule has 2 heterocycles. The van der Waals surface area contributed by atoms with Crippen LogP contribution in [0.15, 0.2) is 45.3 Å². The molecule has 0 atom stereocenters. The lowest BCUT2D eigenvalue weighted by Crippen LogP contribution is -2.42. The third-order valence-corrected chi connectivity index (χ3v) is 5.19. The molecule has 2 aromatic heterocycles. The van der Waals surface area contributed by atoms with Crippen LogP contribution in [-0.2, 0) is 24.3 Å². The number of nitrogens with zero attached hydrogens (tertiary/aromatic N) is 2. The van der Waals surface area contributed by atoms with Gasteiger partial charge in [0.05, 0.1) is 11.9 Å². The molecule has 0 aliphatic carbocycles. The lowest BCUT2D eigenvalue weighted by atomic mass is 10.0. The van der Waals surface area contributed by atoms with E-state index in [1.165, 1.54) is 20.5 Å². The Labute approximate surface area is 154 Å². The van der Waals surface area contributed by atoms with Gasteiger partial charge in [-0.25, -0.2) is 4.79 Å². The molecular formula is C19H21N3O3S. The number of nitrogens with two attached hydrogens (primary N) is 1. The number of fused-ring (bicyclic) bond motifs is 1. The van der Waals surface area contributed by atoms with E-state index in [1.54, 1.807) is 0 Å². The molecule has 0 fully saturated rings. The number of carbonyl (C=O) groups is 1. The van der Waals surface area contributed by atoms with Gasteiger partial charge < -0.3 is 5.73 Å².